The maximum atomic E-state index is 12.5. The second-order valence-corrected chi connectivity index (χ2v) is 5.83. The Kier molecular flexibility index (Phi) is 6.31. The number of primary amides is 1. The lowest BCUT2D eigenvalue weighted by atomic mass is 9.96. The number of urea groups is 1. The van der Waals surface area contributed by atoms with Gasteiger partial charge in [-0.1, -0.05) is 5.16 Å². The van der Waals surface area contributed by atoms with E-state index in [1.165, 1.54) is 0 Å². The minimum atomic E-state index is -0.796. The molecule has 0 spiro atoms. The molecule has 4 amide bonds. The molecule has 1 aromatic heterocycles. The molecule has 1 saturated heterocycles. The predicted octanol–water partition coefficient (Wildman–Crippen LogP) is -0.0415. The summed E-state index contributed by atoms with van der Waals surface area (Å²) >= 11 is 0. The summed E-state index contributed by atoms with van der Waals surface area (Å²) in [6.07, 6.45) is 1.56. The number of nitrogens with one attached hydrogen (secondary N) is 1. The Balaban J connectivity index is 1.88. The molecule has 10 heteroatoms. The van der Waals surface area contributed by atoms with Crippen LogP contribution in [0.2, 0.25) is 0 Å². The summed E-state index contributed by atoms with van der Waals surface area (Å²) in [7, 11) is 0. The van der Waals surface area contributed by atoms with Gasteiger partial charge >= 0.3 is 6.03 Å². The van der Waals surface area contributed by atoms with Gasteiger partial charge in [-0.05, 0) is 26.7 Å². The quantitative estimate of drug-likeness (QED) is 0.737. The normalized spacial score (nSPS) is 17.2. The molecule has 0 bridgehead atoms. The number of carbonyl (C=O) groups is 3. The van der Waals surface area contributed by atoms with Gasteiger partial charge in [-0.25, -0.2) is 4.79 Å². The number of nitrogens with zero attached hydrogens (tertiary/aromatic N) is 4. The highest BCUT2D eigenvalue weighted by molar-refractivity contribution is 5.88. The molecule has 1 aliphatic rings. The average Bonchev–Trinajstić information content (AvgIpc) is 3.10. The highest BCUT2D eigenvalue weighted by Gasteiger charge is 2.30. The van der Waals surface area contributed by atoms with Crippen molar-refractivity contribution in [3.8, 4) is 0 Å². The Labute approximate surface area is 145 Å². The molecule has 138 valence electrons. The third kappa shape index (κ3) is 4.68. The third-order valence-corrected chi connectivity index (χ3v) is 4.21. The van der Waals surface area contributed by atoms with Gasteiger partial charge in [0, 0.05) is 26.2 Å². The zero-order valence-electron chi connectivity index (χ0n) is 14.5. The van der Waals surface area contributed by atoms with Gasteiger partial charge in [-0.15, -0.1) is 0 Å². The van der Waals surface area contributed by atoms with Crippen molar-refractivity contribution in [1.29, 1.82) is 0 Å². The van der Waals surface area contributed by atoms with Crippen LogP contribution < -0.4 is 11.1 Å². The standard InChI is InChI=1S/C15H24N6O4/c1-3-20(4-2)14(23)10-6-5-7-21(9-10)15(24)17-8-11-18-13(12(16)22)19-25-11/h10H,3-9H2,1-2H3,(H2,16,22)(H,17,24)/t10-/m0/s1. The lowest BCUT2D eigenvalue weighted by Gasteiger charge is -2.34. The summed E-state index contributed by atoms with van der Waals surface area (Å²) < 4.78 is 4.83. The first-order valence-corrected chi connectivity index (χ1v) is 8.40. The van der Waals surface area contributed by atoms with Crippen LogP contribution in [0, 0.1) is 5.92 Å². The fourth-order valence-corrected chi connectivity index (χ4v) is 2.85. The van der Waals surface area contributed by atoms with Crippen molar-refractivity contribution in [2.45, 2.75) is 33.2 Å². The summed E-state index contributed by atoms with van der Waals surface area (Å²) in [4.78, 5) is 42.8. The largest absolute Gasteiger partial charge is 0.363 e. The van der Waals surface area contributed by atoms with E-state index in [1.807, 2.05) is 13.8 Å². The van der Waals surface area contributed by atoms with Crippen molar-refractivity contribution >= 4 is 17.8 Å². The van der Waals surface area contributed by atoms with Crippen LogP contribution in [0.4, 0.5) is 4.79 Å². The maximum Gasteiger partial charge on any atom is 0.317 e. The van der Waals surface area contributed by atoms with Crippen molar-refractivity contribution in [3.05, 3.63) is 11.7 Å². The molecule has 2 rings (SSSR count). The Hall–Kier alpha value is -2.65. The molecular weight excluding hydrogens is 328 g/mol. The minimum absolute atomic E-state index is 0.00965. The van der Waals surface area contributed by atoms with Crippen LogP contribution >= 0.6 is 0 Å². The zero-order valence-corrected chi connectivity index (χ0v) is 14.5. The van der Waals surface area contributed by atoms with Crippen molar-refractivity contribution in [1.82, 2.24) is 25.3 Å². The summed E-state index contributed by atoms with van der Waals surface area (Å²) in [6.45, 7) is 6.18. The number of amides is 4. The van der Waals surface area contributed by atoms with Gasteiger partial charge in [0.1, 0.15) is 0 Å². The van der Waals surface area contributed by atoms with Gasteiger partial charge in [-0.2, -0.15) is 4.98 Å². The summed E-state index contributed by atoms with van der Waals surface area (Å²) in [5, 5.41) is 6.06. The molecule has 0 radical (unpaired) electrons. The fourth-order valence-electron chi connectivity index (χ4n) is 2.85. The number of piperidine rings is 1. The van der Waals surface area contributed by atoms with Crippen LogP contribution in [0.5, 0.6) is 0 Å². The third-order valence-electron chi connectivity index (χ3n) is 4.21. The van der Waals surface area contributed by atoms with Crippen LogP contribution in [0.15, 0.2) is 4.52 Å². The van der Waals surface area contributed by atoms with Crippen LogP contribution in [0.1, 0.15) is 43.2 Å². The Bertz CT molecular complexity index is 627. The molecule has 2 heterocycles. The molecule has 0 aliphatic carbocycles. The fraction of sp³-hybridized carbons (Fsp3) is 0.667. The molecule has 1 fully saturated rings. The van der Waals surface area contributed by atoms with Gasteiger partial charge in [0.2, 0.25) is 11.8 Å². The smallest absolute Gasteiger partial charge is 0.317 e. The first kappa shape index (κ1) is 18.7. The highest BCUT2D eigenvalue weighted by atomic mass is 16.5. The first-order valence-electron chi connectivity index (χ1n) is 8.40. The zero-order chi connectivity index (χ0) is 18.4. The molecule has 25 heavy (non-hydrogen) atoms. The van der Waals surface area contributed by atoms with E-state index in [-0.39, 0.29) is 36.1 Å². The maximum absolute atomic E-state index is 12.5. The lowest BCUT2D eigenvalue weighted by Crippen LogP contribution is -2.49. The van der Waals surface area contributed by atoms with Crippen molar-refractivity contribution in [2.75, 3.05) is 26.2 Å². The molecule has 1 aliphatic heterocycles. The van der Waals surface area contributed by atoms with Crippen molar-refractivity contribution in [3.63, 3.8) is 0 Å². The number of nitrogens with two attached hydrogens (primary N) is 1. The predicted molar refractivity (Wildman–Crippen MR) is 87.3 cm³/mol. The van der Waals surface area contributed by atoms with E-state index in [4.69, 9.17) is 10.3 Å². The first-order chi connectivity index (χ1) is 12.0. The number of carbonyl (C=O) groups excluding carboxylic acids is 3. The Morgan fingerprint density at radius 3 is 2.68 bits per heavy atom. The summed E-state index contributed by atoms with van der Waals surface area (Å²) in [6, 6.07) is -0.309. The molecular formula is C15H24N6O4. The van der Waals surface area contributed by atoms with E-state index in [9.17, 15) is 14.4 Å². The molecule has 10 nitrogen and oxygen atoms in total. The summed E-state index contributed by atoms with van der Waals surface area (Å²) in [5.41, 5.74) is 5.04. The number of rotatable bonds is 6. The Morgan fingerprint density at radius 2 is 2.08 bits per heavy atom. The van der Waals surface area contributed by atoms with E-state index < -0.39 is 5.91 Å². The topological polar surface area (TPSA) is 135 Å². The second kappa shape index (κ2) is 8.45. The van der Waals surface area contributed by atoms with E-state index in [0.29, 0.717) is 26.2 Å². The average molecular weight is 352 g/mol. The SMILES string of the molecule is CCN(CC)C(=O)[C@H]1CCCN(C(=O)NCc2nc(C(N)=O)no2)C1. The molecule has 3 N–H and O–H groups in total. The molecule has 0 unspecified atom stereocenters. The van der Waals surface area contributed by atoms with E-state index in [0.717, 1.165) is 12.8 Å². The van der Waals surface area contributed by atoms with Gasteiger partial charge < -0.3 is 25.4 Å². The number of likely N-dealkylation sites (tertiary alicyclic amines) is 1. The molecule has 1 atom stereocenters. The number of hydrogen-bond acceptors (Lipinski definition) is 6. The summed E-state index contributed by atoms with van der Waals surface area (Å²) in [5.74, 6) is -1.02. The van der Waals surface area contributed by atoms with Crippen LogP contribution in [-0.4, -0.2) is 64.0 Å². The van der Waals surface area contributed by atoms with Crippen molar-refractivity contribution < 1.29 is 18.9 Å². The monoisotopic (exact) mass is 352 g/mol. The number of hydrogen-bond donors (Lipinski definition) is 2. The van der Waals surface area contributed by atoms with Crippen molar-refractivity contribution in [2.24, 2.45) is 11.7 Å². The van der Waals surface area contributed by atoms with Gasteiger partial charge in [0.05, 0.1) is 12.5 Å². The van der Waals surface area contributed by atoms with E-state index in [1.54, 1.807) is 9.80 Å². The van der Waals surface area contributed by atoms with Crippen LogP contribution in [0.3, 0.4) is 0 Å². The van der Waals surface area contributed by atoms with E-state index >= 15 is 0 Å². The Morgan fingerprint density at radius 1 is 1.36 bits per heavy atom. The second-order valence-electron chi connectivity index (χ2n) is 5.83. The number of aromatic nitrogens is 2. The molecule has 0 saturated carbocycles. The van der Waals surface area contributed by atoms with Gasteiger partial charge in [0.15, 0.2) is 0 Å². The highest BCUT2D eigenvalue weighted by Crippen LogP contribution is 2.19. The van der Waals surface area contributed by atoms with Gasteiger partial charge in [-0.3, -0.25) is 9.59 Å². The van der Waals surface area contributed by atoms with Gasteiger partial charge in [0.25, 0.3) is 11.7 Å². The minimum Gasteiger partial charge on any atom is -0.363 e. The molecule has 0 aromatic carbocycles. The molecule has 1 aromatic rings. The van der Waals surface area contributed by atoms with Crippen LogP contribution in [-0.2, 0) is 11.3 Å². The lowest BCUT2D eigenvalue weighted by molar-refractivity contribution is -0.136. The van der Waals surface area contributed by atoms with E-state index in [2.05, 4.69) is 15.5 Å². The van der Waals surface area contributed by atoms with Crippen LogP contribution in [0.25, 0.3) is 0 Å².